The molecule has 0 atom stereocenters. The van der Waals surface area contributed by atoms with E-state index >= 15 is 0 Å². The minimum absolute atomic E-state index is 0. The van der Waals surface area contributed by atoms with E-state index in [2.05, 4.69) is 0 Å². The zero-order valence-electron chi connectivity index (χ0n) is 8.70. The van der Waals surface area contributed by atoms with Crippen molar-refractivity contribution < 1.29 is 39.5 Å². The number of hydrogen-bond acceptors (Lipinski definition) is 2. The number of carbonyl (C=O) groups excluding carboxylic acids is 1. The minimum atomic E-state index is -0.226. The number of aryl methyl sites for hydroxylation is 2. The van der Waals surface area contributed by atoms with Gasteiger partial charge in [-0.2, -0.15) is 0 Å². The van der Waals surface area contributed by atoms with Gasteiger partial charge in [-0.05, 0) is 31.6 Å². The van der Waals surface area contributed by atoms with Crippen molar-refractivity contribution in [2.75, 3.05) is 0 Å². The average molecular weight is 198 g/mol. The smallest absolute Gasteiger partial charge is 0.878 e. The Bertz CT molecular complexity index is 356. The Balaban J connectivity index is 0.00000169. The van der Waals surface area contributed by atoms with Crippen LogP contribution in [0.25, 0.3) is 0 Å². The van der Waals surface area contributed by atoms with Crippen LogP contribution in [0, 0.1) is 13.8 Å². The summed E-state index contributed by atoms with van der Waals surface area (Å²) in [6.07, 6.45) is 1.56. The maximum atomic E-state index is 11.3. The van der Waals surface area contributed by atoms with Crippen molar-refractivity contribution in [1.29, 1.82) is 0 Å². The Morgan fingerprint density at radius 2 is 2.00 bits per heavy atom. The van der Waals surface area contributed by atoms with E-state index in [1.807, 2.05) is 26.0 Å². The topological polar surface area (TPSA) is 40.1 Å². The molecule has 0 fully saturated rings. The third kappa shape index (κ3) is 3.29. The summed E-state index contributed by atoms with van der Waals surface area (Å²) in [7, 11) is 0. The molecule has 0 radical (unpaired) electrons. The molecule has 14 heavy (non-hydrogen) atoms. The molecule has 2 nitrogen and oxygen atoms in total. The Kier molecular flexibility index (Phi) is 5.77. The molecule has 0 N–H and O–H groups in total. The predicted molar refractivity (Wildman–Crippen MR) is 49.4 cm³/mol. The largest absolute Gasteiger partial charge is 1.00 e. The van der Waals surface area contributed by atoms with E-state index in [0.717, 1.165) is 17.2 Å². The van der Waals surface area contributed by atoms with Crippen LogP contribution in [0.4, 0.5) is 0 Å². The van der Waals surface area contributed by atoms with Crippen molar-refractivity contribution in [3.8, 4) is 0 Å². The van der Waals surface area contributed by atoms with Gasteiger partial charge >= 0.3 is 29.6 Å². The predicted octanol–water partition coefficient (Wildman–Crippen LogP) is -1.64. The van der Waals surface area contributed by atoms with Crippen LogP contribution in [0.5, 0.6) is 0 Å². The van der Waals surface area contributed by atoms with Gasteiger partial charge in [-0.25, -0.2) is 0 Å². The molecule has 0 amide bonds. The fraction of sp³-hybridized carbons (Fsp3) is 0.182. The van der Waals surface area contributed by atoms with Crippen molar-refractivity contribution in [2.24, 2.45) is 0 Å². The van der Waals surface area contributed by atoms with E-state index in [0.29, 0.717) is 11.8 Å². The standard InChI is InChI=1S/C11H12O2.Na/c1-8-3-4-9(2)10(7-8)11(13)5-6-12;/h3-7,12H,1-2H3;/q;+1/p-1/b6-5+;. The summed E-state index contributed by atoms with van der Waals surface area (Å²) in [6, 6.07) is 5.60. The van der Waals surface area contributed by atoms with Gasteiger partial charge in [-0.1, -0.05) is 17.7 Å². The van der Waals surface area contributed by atoms with E-state index in [1.54, 1.807) is 6.07 Å². The second-order valence-corrected chi connectivity index (χ2v) is 2.99. The molecule has 0 saturated heterocycles. The second-order valence-electron chi connectivity index (χ2n) is 2.99. The van der Waals surface area contributed by atoms with Crippen molar-refractivity contribution >= 4 is 5.78 Å². The summed E-state index contributed by atoms with van der Waals surface area (Å²) < 4.78 is 0. The number of ketones is 1. The number of benzene rings is 1. The van der Waals surface area contributed by atoms with Crippen LogP contribution in [0.2, 0.25) is 0 Å². The van der Waals surface area contributed by atoms with E-state index < -0.39 is 0 Å². The van der Waals surface area contributed by atoms with Crippen LogP contribution in [-0.2, 0) is 0 Å². The van der Waals surface area contributed by atoms with E-state index in [1.165, 1.54) is 0 Å². The van der Waals surface area contributed by atoms with Gasteiger partial charge in [-0.3, -0.25) is 4.79 Å². The normalized spacial score (nSPS) is 9.86. The number of rotatable bonds is 2. The molecule has 0 aliphatic heterocycles. The van der Waals surface area contributed by atoms with Crippen molar-refractivity contribution in [3.63, 3.8) is 0 Å². The number of hydrogen-bond donors (Lipinski definition) is 0. The zero-order valence-corrected chi connectivity index (χ0v) is 10.7. The third-order valence-corrected chi connectivity index (χ3v) is 1.88. The Morgan fingerprint density at radius 1 is 1.36 bits per heavy atom. The minimum Gasteiger partial charge on any atom is -0.878 e. The maximum absolute atomic E-state index is 11.3. The summed E-state index contributed by atoms with van der Waals surface area (Å²) in [6.45, 7) is 3.77. The van der Waals surface area contributed by atoms with Crippen LogP contribution >= 0.6 is 0 Å². The van der Waals surface area contributed by atoms with Crippen LogP contribution in [0.1, 0.15) is 21.5 Å². The van der Waals surface area contributed by atoms with Crippen LogP contribution in [0.15, 0.2) is 30.5 Å². The quantitative estimate of drug-likeness (QED) is 0.247. The first-order valence-corrected chi connectivity index (χ1v) is 4.05. The summed E-state index contributed by atoms with van der Waals surface area (Å²) in [5.74, 6) is -0.226. The molecule has 0 saturated carbocycles. The molecule has 0 spiro atoms. The van der Waals surface area contributed by atoms with E-state index in [9.17, 15) is 9.90 Å². The van der Waals surface area contributed by atoms with Gasteiger partial charge in [0.05, 0.1) is 0 Å². The molecular formula is C11H11NaO2. The first-order chi connectivity index (χ1) is 6.15. The summed E-state index contributed by atoms with van der Waals surface area (Å²) in [5.41, 5.74) is 2.52. The van der Waals surface area contributed by atoms with Crippen LogP contribution < -0.4 is 34.7 Å². The molecule has 1 aromatic rings. The molecule has 1 aromatic carbocycles. The molecule has 0 heterocycles. The summed E-state index contributed by atoms with van der Waals surface area (Å²) in [5, 5.41) is 10.1. The van der Waals surface area contributed by atoms with Gasteiger partial charge in [-0.15, -0.1) is 6.26 Å². The molecule has 0 bridgehead atoms. The molecule has 3 heteroatoms. The van der Waals surface area contributed by atoms with Gasteiger partial charge in [0.25, 0.3) is 0 Å². The number of allylic oxidation sites excluding steroid dienone is 1. The Hall–Kier alpha value is -0.570. The molecule has 68 valence electrons. The van der Waals surface area contributed by atoms with E-state index in [4.69, 9.17) is 0 Å². The zero-order chi connectivity index (χ0) is 9.84. The van der Waals surface area contributed by atoms with Crippen molar-refractivity contribution in [2.45, 2.75) is 13.8 Å². The molecule has 0 unspecified atom stereocenters. The first-order valence-electron chi connectivity index (χ1n) is 4.05. The van der Waals surface area contributed by atoms with Crippen LogP contribution in [0.3, 0.4) is 0 Å². The second kappa shape index (κ2) is 6.02. The third-order valence-electron chi connectivity index (χ3n) is 1.88. The molecular weight excluding hydrogens is 187 g/mol. The van der Waals surface area contributed by atoms with E-state index in [-0.39, 0.29) is 35.3 Å². The first kappa shape index (κ1) is 13.4. The SMILES string of the molecule is Cc1ccc(C)c(C(=O)/C=C/[O-])c1.[Na+]. The van der Waals surface area contributed by atoms with Gasteiger partial charge in [0.1, 0.15) is 0 Å². The average Bonchev–Trinajstić information content (AvgIpc) is 2.09. The van der Waals surface area contributed by atoms with Crippen LogP contribution in [-0.4, -0.2) is 5.78 Å². The fourth-order valence-corrected chi connectivity index (χ4v) is 1.15. The molecule has 1 rings (SSSR count). The maximum Gasteiger partial charge on any atom is 1.00 e. The molecule has 0 aromatic heterocycles. The Labute approximate surface area is 106 Å². The summed E-state index contributed by atoms with van der Waals surface area (Å²) in [4.78, 5) is 11.3. The van der Waals surface area contributed by atoms with Gasteiger partial charge in [0.15, 0.2) is 5.78 Å². The molecule has 0 aliphatic carbocycles. The van der Waals surface area contributed by atoms with Gasteiger partial charge in [0, 0.05) is 5.56 Å². The monoisotopic (exact) mass is 198 g/mol. The fourth-order valence-electron chi connectivity index (χ4n) is 1.15. The summed E-state index contributed by atoms with van der Waals surface area (Å²) >= 11 is 0. The molecule has 0 aliphatic rings. The van der Waals surface area contributed by atoms with Crippen molar-refractivity contribution in [3.05, 3.63) is 47.2 Å². The number of carbonyl (C=O) groups is 1. The van der Waals surface area contributed by atoms with Gasteiger partial charge < -0.3 is 5.11 Å². The van der Waals surface area contributed by atoms with Crippen molar-refractivity contribution in [1.82, 2.24) is 0 Å². The Morgan fingerprint density at radius 3 is 2.57 bits per heavy atom. The van der Waals surface area contributed by atoms with Gasteiger partial charge in [0.2, 0.25) is 0 Å².